The van der Waals surface area contributed by atoms with Gasteiger partial charge in [-0.1, -0.05) is 0 Å². The SMILES string of the molecule is CNC(=O)C1(C)CN(c2ccc(C(F)(F)F)cc2)CCO1. The van der Waals surface area contributed by atoms with Crippen LogP contribution in [0.15, 0.2) is 24.3 Å². The number of benzene rings is 1. The van der Waals surface area contributed by atoms with E-state index in [0.717, 1.165) is 12.1 Å². The van der Waals surface area contributed by atoms with Crippen molar-refractivity contribution in [3.8, 4) is 0 Å². The lowest BCUT2D eigenvalue weighted by Gasteiger charge is -2.40. The van der Waals surface area contributed by atoms with Crippen LogP contribution in [0, 0.1) is 0 Å². The lowest BCUT2D eigenvalue weighted by molar-refractivity contribution is -0.145. The van der Waals surface area contributed by atoms with E-state index in [4.69, 9.17) is 4.74 Å². The average Bonchev–Trinajstić information content (AvgIpc) is 2.45. The van der Waals surface area contributed by atoms with Gasteiger partial charge in [0, 0.05) is 19.3 Å². The molecule has 0 saturated carbocycles. The van der Waals surface area contributed by atoms with Gasteiger partial charge >= 0.3 is 6.18 Å². The Kier molecular flexibility index (Phi) is 4.13. The fraction of sp³-hybridized carbons (Fsp3) is 0.500. The number of hydrogen-bond donors (Lipinski definition) is 1. The van der Waals surface area contributed by atoms with Crippen molar-refractivity contribution in [1.82, 2.24) is 5.32 Å². The van der Waals surface area contributed by atoms with Gasteiger partial charge in [-0.25, -0.2) is 0 Å². The van der Waals surface area contributed by atoms with E-state index in [2.05, 4.69) is 5.32 Å². The van der Waals surface area contributed by atoms with Gasteiger partial charge in [0.05, 0.1) is 18.7 Å². The molecule has 1 amide bonds. The molecule has 1 aromatic rings. The number of hydrogen-bond acceptors (Lipinski definition) is 3. The lowest BCUT2D eigenvalue weighted by atomic mass is 10.0. The molecule has 1 N–H and O–H groups in total. The fourth-order valence-corrected chi connectivity index (χ4v) is 2.35. The molecule has 1 fully saturated rings. The number of likely N-dealkylation sites (N-methyl/N-ethyl adjacent to an activating group) is 1. The summed E-state index contributed by atoms with van der Waals surface area (Å²) in [5, 5.41) is 2.54. The Hall–Kier alpha value is -1.76. The number of rotatable bonds is 2. The molecule has 2 rings (SSSR count). The molecule has 4 nitrogen and oxygen atoms in total. The van der Waals surface area contributed by atoms with Crippen LogP contribution in [0.5, 0.6) is 0 Å². The van der Waals surface area contributed by atoms with Crippen molar-refractivity contribution in [3.05, 3.63) is 29.8 Å². The third-order valence-electron chi connectivity index (χ3n) is 3.54. The van der Waals surface area contributed by atoms with E-state index in [0.29, 0.717) is 18.8 Å². The van der Waals surface area contributed by atoms with Crippen molar-refractivity contribution in [2.24, 2.45) is 0 Å². The summed E-state index contributed by atoms with van der Waals surface area (Å²) < 4.78 is 43.2. The zero-order valence-electron chi connectivity index (χ0n) is 11.8. The largest absolute Gasteiger partial charge is 0.416 e. The topological polar surface area (TPSA) is 41.6 Å². The minimum absolute atomic E-state index is 0.251. The number of halogens is 3. The van der Waals surface area contributed by atoms with Gasteiger partial charge in [-0.2, -0.15) is 13.2 Å². The van der Waals surface area contributed by atoms with Gasteiger partial charge in [0.15, 0.2) is 5.60 Å². The molecule has 1 atom stereocenters. The summed E-state index contributed by atoms with van der Waals surface area (Å²) in [6.07, 6.45) is -4.35. The first kappa shape index (κ1) is 15.6. The van der Waals surface area contributed by atoms with Crippen LogP contribution in [-0.2, 0) is 15.7 Å². The molecule has 1 unspecified atom stereocenters. The van der Waals surface area contributed by atoms with Crippen LogP contribution >= 0.6 is 0 Å². The molecule has 1 aliphatic heterocycles. The van der Waals surface area contributed by atoms with Crippen molar-refractivity contribution >= 4 is 11.6 Å². The number of alkyl halides is 3. The van der Waals surface area contributed by atoms with Crippen molar-refractivity contribution in [2.45, 2.75) is 18.7 Å². The van der Waals surface area contributed by atoms with Crippen LogP contribution < -0.4 is 10.2 Å². The second-order valence-corrected chi connectivity index (χ2v) is 5.12. The number of amides is 1. The molecule has 7 heteroatoms. The van der Waals surface area contributed by atoms with Crippen LogP contribution in [0.3, 0.4) is 0 Å². The van der Waals surface area contributed by atoms with Crippen molar-refractivity contribution in [3.63, 3.8) is 0 Å². The number of ether oxygens (including phenoxy) is 1. The van der Waals surface area contributed by atoms with Crippen molar-refractivity contribution in [2.75, 3.05) is 31.6 Å². The molecule has 0 aromatic heterocycles. The Morgan fingerprint density at radius 1 is 1.33 bits per heavy atom. The first-order valence-corrected chi connectivity index (χ1v) is 6.54. The quantitative estimate of drug-likeness (QED) is 0.909. The monoisotopic (exact) mass is 302 g/mol. The zero-order valence-corrected chi connectivity index (χ0v) is 11.8. The highest BCUT2D eigenvalue weighted by Crippen LogP contribution is 2.31. The van der Waals surface area contributed by atoms with Gasteiger partial charge in [0.2, 0.25) is 0 Å². The lowest BCUT2D eigenvalue weighted by Crippen LogP contribution is -2.57. The molecule has 116 valence electrons. The number of nitrogens with one attached hydrogen (secondary N) is 1. The van der Waals surface area contributed by atoms with Gasteiger partial charge < -0.3 is 15.0 Å². The zero-order chi connectivity index (χ0) is 15.7. The van der Waals surface area contributed by atoms with Crippen LogP contribution in [0.25, 0.3) is 0 Å². The van der Waals surface area contributed by atoms with E-state index in [1.54, 1.807) is 6.92 Å². The molecule has 1 saturated heterocycles. The van der Waals surface area contributed by atoms with Crippen LogP contribution in [0.4, 0.5) is 18.9 Å². The maximum atomic E-state index is 12.6. The standard InChI is InChI=1S/C14H17F3N2O2/c1-13(12(20)18-2)9-19(7-8-21-13)11-5-3-10(4-6-11)14(15,16)17/h3-6H,7-9H2,1-2H3,(H,18,20). The number of anilines is 1. The van der Waals surface area contributed by atoms with Gasteiger partial charge in [-0.3, -0.25) is 4.79 Å². The molecule has 0 spiro atoms. The van der Waals surface area contributed by atoms with E-state index in [1.165, 1.54) is 19.2 Å². The predicted octanol–water partition coefficient (Wildman–Crippen LogP) is 2.05. The van der Waals surface area contributed by atoms with E-state index >= 15 is 0 Å². The smallest absolute Gasteiger partial charge is 0.366 e. The predicted molar refractivity (Wildman–Crippen MR) is 72.1 cm³/mol. The highest BCUT2D eigenvalue weighted by molar-refractivity contribution is 5.85. The number of carbonyl (C=O) groups excluding carboxylic acids is 1. The van der Waals surface area contributed by atoms with Gasteiger partial charge in [0.1, 0.15) is 0 Å². The first-order chi connectivity index (χ1) is 9.76. The molecule has 1 heterocycles. The van der Waals surface area contributed by atoms with Crippen LogP contribution in [-0.4, -0.2) is 38.3 Å². The van der Waals surface area contributed by atoms with Crippen molar-refractivity contribution in [1.29, 1.82) is 0 Å². The normalized spacial score (nSPS) is 23.0. The molecule has 0 radical (unpaired) electrons. The van der Waals surface area contributed by atoms with E-state index in [9.17, 15) is 18.0 Å². The summed E-state index contributed by atoms with van der Waals surface area (Å²) in [4.78, 5) is 13.7. The maximum Gasteiger partial charge on any atom is 0.416 e. The molecular formula is C14H17F3N2O2. The second-order valence-electron chi connectivity index (χ2n) is 5.12. The Morgan fingerprint density at radius 2 is 1.95 bits per heavy atom. The minimum Gasteiger partial charge on any atom is -0.366 e. The number of nitrogens with zero attached hydrogens (tertiary/aromatic N) is 1. The van der Waals surface area contributed by atoms with Gasteiger partial charge in [-0.05, 0) is 31.2 Å². The Labute approximate surface area is 120 Å². The highest BCUT2D eigenvalue weighted by Gasteiger charge is 2.39. The van der Waals surface area contributed by atoms with Gasteiger partial charge in [-0.15, -0.1) is 0 Å². The summed E-state index contributed by atoms with van der Waals surface area (Å²) in [7, 11) is 1.52. The average molecular weight is 302 g/mol. The second kappa shape index (κ2) is 5.55. The summed E-state index contributed by atoms with van der Waals surface area (Å²) in [6.45, 7) is 2.82. The summed E-state index contributed by atoms with van der Waals surface area (Å²) in [5.41, 5.74) is -1.05. The highest BCUT2D eigenvalue weighted by atomic mass is 19.4. The number of carbonyl (C=O) groups is 1. The number of morpholine rings is 1. The molecule has 0 bridgehead atoms. The third kappa shape index (κ3) is 3.29. The molecule has 0 aliphatic carbocycles. The van der Waals surface area contributed by atoms with Crippen molar-refractivity contribution < 1.29 is 22.7 Å². The Bertz CT molecular complexity index is 516. The molecule has 1 aliphatic rings. The molecule has 1 aromatic carbocycles. The van der Waals surface area contributed by atoms with E-state index in [1.807, 2.05) is 4.90 Å². The summed E-state index contributed by atoms with van der Waals surface area (Å²) in [6, 6.07) is 4.92. The summed E-state index contributed by atoms with van der Waals surface area (Å²) >= 11 is 0. The fourth-order valence-electron chi connectivity index (χ4n) is 2.35. The maximum absolute atomic E-state index is 12.6. The van der Waals surface area contributed by atoms with E-state index < -0.39 is 17.3 Å². The van der Waals surface area contributed by atoms with Crippen LogP contribution in [0.1, 0.15) is 12.5 Å². The third-order valence-corrected chi connectivity index (χ3v) is 3.54. The molecular weight excluding hydrogens is 285 g/mol. The summed E-state index contributed by atoms with van der Waals surface area (Å²) in [5.74, 6) is -0.251. The van der Waals surface area contributed by atoms with E-state index in [-0.39, 0.29) is 12.5 Å². The van der Waals surface area contributed by atoms with Gasteiger partial charge in [0.25, 0.3) is 5.91 Å². The minimum atomic E-state index is -4.35. The first-order valence-electron chi connectivity index (χ1n) is 6.54. The Morgan fingerprint density at radius 3 is 2.48 bits per heavy atom. The Balaban J connectivity index is 2.17. The molecule has 21 heavy (non-hydrogen) atoms. The van der Waals surface area contributed by atoms with Crippen LogP contribution in [0.2, 0.25) is 0 Å².